The van der Waals surface area contributed by atoms with Crippen molar-refractivity contribution in [2.45, 2.75) is 18.8 Å². The predicted molar refractivity (Wildman–Crippen MR) is 62.6 cm³/mol. The molecule has 0 spiro atoms. The summed E-state index contributed by atoms with van der Waals surface area (Å²) >= 11 is 0. The molecule has 0 saturated carbocycles. The van der Waals surface area contributed by atoms with E-state index in [0.717, 1.165) is 31.5 Å². The molecule has 0 aromatic heterocycles. The van der Waals surface area contributed by atoms with Crippen molar-refractivity contribution < 1.29 is 13.9 Å². The number of ether oxygens (including phenoxy) is 1. The Kier molecular flexibility index (Phi) is 3.74. The van der Waals surface area contributed by atoms with Crippen LogP contribution in [0.15, 0.2) is 18.2 Å². The lowest BCUT2D eigenvalue weighted by molar-refractivity contribution is 0.0598. The summed E-state index contributed by atoms with van der Waals surface area (Å²) in [6, 6.07) is 4.28. The molecule has 2 rings (SSSR count). The molecule has 0 atom stereocenters. The Morgan fingerprint density at radius 3 is 2.76 bits per heavy atom. The summed E-state index contributed by atoms with van der Waals surface area (Å²) in [4.78, 5) is 11.6. The summed E-state index contributed by atoms with van der Waals surface area (Å²) in [5.74, 6) is -0.453. The van der Waals surface area contributed by atoms with Gasteiger partial charge in [0.25, 0.3) is 0 Å². The van der Waals surface area contributed by atoms with Gasteiger partial charge in [-0.3, -0.25) is 0 Å². The number of hydrogen-bond donors (Lipinski definition) is 1. The van der Waals surface area contributed by atoms with Crippen LogP contribution in [0.5, 0.6) is 0 Å². The van der Waals surface area contributed by atoms with E-state index in [9.17, 15) is 9.18 Å². The third kappa shape index (κ3) is 2.64. The molecule has 1 aliphatic rings. The Bertz CT molecular complexity index is 414. The smallest absolute Gasteiger partial charge is 0.338 e. The van der Waals surface area contributed by atoms with E-state index >= 15 is 0 Å². The Labute approximate surface area is 100.0 Å². The Morgan fingerprint density at radius 1 is 1.41 bits per heavy atom. The van der Waals surface area contributed by atoms with E-state index in [2.05, 4.69) is 5.32 Å². The molecule has 1 heterocycles. The van der Waals surface area contributed by atoms with Crippen LogP contribution in [0.1, 0.15) is 34.7 Å². The molecule has 4 heteroatoms. The molecule has 1 aromatic rings. The topological polar surface area (TPSA) is 38.3 Å². The molecule has 0 radical (unpaired) electrons. The van der Waals surface area contributed by atoms with Gasteiger partial charge < -0.3 is 10.1 Å². The number of esters is 1. The van der Waals surface area contributed by atoms with Crippen molar-refractivity contribution in [2.75, 3.05) is 20.2 Å². The maximum Gasteiger partial charge on any atom is 0.338 e. The van der Waals surface area contributed by atoms with Crippen molar-refractivity contribution in [1.82, 2.24) is 5.32 Å². The zero-order valence-corrected chi connectivity index (χ0v) is 9.83. The van der Waals surface area contributed by atoms with Gasteiger partial charge in [0, 0.05) is 0 Å². The van der Waals surface area contributed by atoms with Crippen molar-refractivity contribution in [2.24, 2.45) is 0 Å². The zero-order valence-electron chi connectivity index (χ0n) is 9.83. The van der Waals surface area contributed by atoms with Gasteiger partial charge in [-0.05, 0) is 55.6 Å². The van der Waals surface area contributed by atoms with Gasteiger partial charge in [-0.1, -0.05) is 0 Å². The van der Waals surface area contributed by atoms with Gasteiger partial charge >= 0.3 is 5.97 Å². The number of methoxy groups -OCH3 is 1. The lowest BCUT2D eigenvalue weighted by Gasteiger charge is -2.24. The Morgan fingerprint density at radius 2 is 2.12 bits per heavy atom. The zero-order chi connectivity index (χ0) is 12.3. The number of piperidine rings is 1. The lowest BCUT2D eigenvalue weighted by Crippen LogP contribution is -2.27. The van der Waals surface area contributed by atoms with Crippen LogP contribution < -0.4 is 5.32 Å². The van der Waals surface area contributed by atoms with Gasteiger partial charge in [0.1, 0.15) is 5.82 Å². The fourth-order valence-corrected chi connectivity index (χ4v) is 2.30. The first-order valence-electron chi connectivity index (χ1n) is 5.81. The van der Waals surface area contributed by atoms with Crippen molar-refractivity contribution in [1.29, 1.82) is 0 Å². The Hall–Kier alpha value is -1.42. The van der Waals surface area contributed by atoms with Crippen LogP contribution >= 0.6 is 0 Å². The highest BCUT2D eigenvalue weighted by atomic mass is 19.1. The molecule has 1 aromatic carbocycles. The highest BCUT2D eigenvalue weighted by molar-refractivity contribution is 5.91. The molecule has 3 nitrogen and oxygen atoms in total. The first-order chi connectivity index (χ1) is 8.22. The maximum absolute atomic E-state index is 13.3. The second-order valence-electron chi connectivity index (χ2n) is 4.25. The lowest BCUT2D eigenvalue weighted by atomic mass is 9.87. The summed E-state index contributed by atoms with van der Waals surface area (Å²) in [5, 5.41) is 3.25. The van der Waals surface area contributed by atoms with Gasteiger partial charge in [0.15, 0.2) is 0 Å². The highest BCUT2D eigenvalue weighted by Crippen LogP contribution is 2.29. The molecule has 0 amide bonds. The minimum atomic E-state index is -0.390. The molecule has 0 bridgehead atoms. The summed E-state index contributed by atoms with van der Waals surface area (Å²) in [7, 11) is 1.35. The van der Waals surface area contributed by atoms with E-state index in [1.807, 2.05) is 0 Å². The average molecular weight is 237 g/mol. The number of halogens is 1. The van der Waals surface area contributed by atoms with E-state index in [4.69, 9.17) is 4.74 Å². The quantitative estimate of drug-likeness (QED) is 0.800. The molecule has 1 aliphatic heterocycles. The molecular formula is C13H16FNO2. The summed E-state index contributed by atoms with van der Waals surface area (Å²) in [5.41, 5.74) is 1.26. The normalized spacial score (nSPS) is 16.8. The van der Waals surface area contributed by atoms with Crippen LogP contribution in [0.4, 0.5) is 4.39 Å². The van der Waals surface area contributed by atoms with Crippen LogP contribution in [0.25, 0.3) is 0 Å². The van der Waals surface area contributed by atoms with E-state index in [1.54, 1.807) is 0 Å². The molecule has 0 unspecified atom stereocenters. The van der Waals surface area contributed by atoms with Crippen LogP contribution in [-0.2, 0) is 4.74 Å². The van der Waals surface area contributed by atoms with E-state index in [0.29, 0.717) is 5.56 Å². The van der Waals surface area contributed by atoms with Crippen molar-refractivity contribution in [3.05, 3.63) is 35.1 Å². The van der Waals surface area contributed by atoms with Crippen LogP contribution in [0.2, 0.25) is 0 Å². The van der Waals surface area contributed by atoms with Gasteiger partial charge in [0.2, 0.25) is 0 Å². The first kappa shape index (κ1) is 12.0. The molecule has 92 valence electrons. The molecule has 1 N–H and O–H groups in total. The largest absolute Gasteiger partial charge is 0.465 e. The fourth-order valence-electron chi connectivity index (χ4n) is 2.30. The Balaban J connectivity index is 2.35. The molecular weight excluding hydrogens is 221 g/mol. The maximum atomic E-state index is 13.3. The summed E-state index contributed by atoms with van der Waals surface area (Å²) < 4.78 is 18.0. The minimum absolute atomic E-state index is 0.237. The summed E-state index contributed by atoms with van der Waals surface area (Å²) in [6.07, 6.45) is 1.85. The van der Waals surface area contributed by atoms with Crippen LogP contribution in [-0.4, -0.2) is 26.2 Å². The van der Waals surface area contributed by atoms with Gasteiger partial charge in [-0.25, -0.2) is 9.18 Å². The standard InChI is InChI=1S/C13H16FNO2/c1-17-13(16)11-3-2-10(14)8-12(11)9-4-6-15-7-5-9/h2-3,8-9,15H,4-7H2,1H3. The van der Waals surface area contributed by atoms with E-state index in [1.165, 1.54) is 25.3 Å². The molecule has 0 aliphatic carbocycles. The first-order valence-corrected chi connectivity index (χ1v) is 5.81. The minimum Gasteiger partial charge on any atom is -0.465 e. The number of carbonyl (C=O) groups excluding carboxylic acids is 1. The number of hydrogen-bond acceptors (Lipinski definition) is 3. The number of benzene rings is 1. The van der Waals surface area contributed by atoms with Gasteiger partial charge in [0.05, 0.1) is 12.7 Å². The number of rotatable bonds is 2. The van der Waals surface area contributed by atoms with Crippen molar-refractivity contribution >= 4 is 5.97 Å². The van der Waals surface area contributed by atoms with Crippen molar-refractivity contribution in [3.63, 3.8) is 0 Å². The highest BCUT2D eigenvalue weighted by Gasteiger charge is 2.22. The second-order valence-corrected chi connectivity index (χ2v) is 4.25. The number of carbonyl (C=O) groups is 1. The second kappa shape index (κ2) is 5.27. The van der Waals surface area contributed by atoms with Crippen LogP contribution in [0.3, 0.4) is 0 Å². The van der Waals surface area contributed by atoms with E-state index in [-0.39, 0.29) is 11.7 Å². The summed E-state index contributed by atoms with van der Waals surface area (Å²) in [6.45, 7) is 1.81. The third-order valence-corrected chi connectivity index (χ3v) is 3.20. The van der Waals surface area contributed by atoms with E-state index < -0.39 is 5.97 Å². The molecule has 1 saturated heterocycles. The molecule has 17 heavy (non-hydrogen) atoms. The van der Waals surface area contributed by atoms with Crippen LogP contribution in [0, 0.1) is 5.82 Å². The predicted octanol–water partition coefficient (Wildman–Crippen LogP) is 2.08. The third-order valence-electron chi connectivity index (χ3n) is 3.20. The van der Waals surface area contributed by atoms with Gasteiger partial charge in [-0.15, -0.1) is 0 Å². The number of nitrogens with one attached hydrogen (secondary N) is 1. The molecule has 1 fully saturated rings. The average Bonchev–Trinajstić information content (AvgIpc) is 2.39. The van der Waals surface area contributed by atoms with Gasteiger partial charge in [-0.2, -0.15) is 0 Å². The fraction of sp³-hybridized carbons (Fsp3) is 0.462. The SMILES string of the molecule is COC(=O)c1ccc(F)cc1C1CCNCC1. The van der Waals surface area contributed by atoms with Crippen molar-refractivity contribution in [3.8, 4) is 0 Å². The monoisotopic (exact) mass is 237 g/mol.